The van der Waals surface area contributed by atoms with Gasteiger partial charge in [-0.3, -0.25) is 4.79 Å². The van der Waals surface area contributed by atoms with Gasteiger partial charge in [0, 0.05) is 23.2 Å². The number of anilines is 1. The molecule has 0 bridgehead atoms. The summed E-state index contributed by atoms with van der Waals surface area (Å²) in [6, 6.07) is 14.9. The molecular formula is C22H23N5O2S. The number of amides is 1. The van der Waals surface area contributed by atoms with Crippen molar-refractivity contribution in [1.82, 2.24) is 19.8 Å². The molecule has 0 aliphatic heterocycles. The van der Waals surface area contributed by atoms with Crippen molar-refractivity contribution in [2.24, 2.45) is 0 Å². The summed E-state index contributed by atoms with van der Waals surface area (Å²) < 4.78 is 7.59. The minimum absolute atomic E-state index is 0.0998. The van der Waals surface area contributed by atoms with Gasteiger partial charge in [-0.05, 0) is 43.7 Å². The highest BCUT2D eigenvalue weighted by molar-refractivity contribution is 7.19. The molecule has 0 radical (unpaired) electrons. The van der Waals surface area contributed by atoms with Crippen molar-refractivity contribution >= 4 is 27.9 Å². The number of nitrogens with one attached hydrogen (secondary N) is 1. The van der Waals surface area contributed by atoms with Crippen molar-refractivity contribution in [1.29, 1.82) is 0 Å². The summed E-state index contributed by atoms with van der Waals surface area (Å²) in [6.07, 6.45) is 1.77. The highest BCUT2D eigenvalue weighted by atomic mass is 32.1. The molecule has 2 aromatic heterocycles. The van der Waals surface area contributed by atoms with Gasteiger partial charge in [-0.1, -0.05) is 43.4 Å². The van der Waals surface area contributed by atoms with Crippen LogP contribution in [-0.2, 0) is 6.42 Å². The molecule has 0 saturated carbocycles. The summed E-state index contributed by atoms with van der Waals surface area (Å²) in [7, 11) is 0. The summed E-state index contributed by atoms with van der Waals surface area (Å²) in [4.78, 5) is 13.5. The Morgan fingerprint density at radius 3 is 2.80 bits per heavy atom. The second kappa shape index (κ2) is 8.62. The molecule has 7 nitrogen and oxygen atoms in total. The van der Waals surface area contributed by atoms with Gasteiger partial charge in [0.15, 0.2) is 5.82 Å². The van der Waals surface area contributed by atoms with Gasteiger partial charge in [-0.2, -0.15) is 9.61 Å². The smallest absolute Gasteiger partial charge is 0.255 e. The molecule has 0 saturated heterocycles. The Morgan fingerprint density at radius 1 is 1.17 bits per heavy atom. The number of benzene rings is 2. The van der Waals surface area contributed by atoms with Crippen LogP contribution in [-0.4, -0.2) is 31.8 Å². The highest BCUT2D eigenvalue weighted by Crippen LogP contribution is 2.28. The van der Waals surface area contributed by atoms with Crippen LogP contribution < -0.4 is 10.1 Å². The van der Waals surface area contributed by atoms with E-state index in [0.717, 1.165) is 34.2 Å². The number of aryl methyl sites for hydroxylation is 1. The fraction of sp³-hybridized carbons (Fsp3) is 0.273. The Balaban J connectivity index is 1.53. The maximum Gasteiger partial charge on any atom is 0.255 e. The Kier molecular flexibility index (Phi) is 5.76. The molecule has 2 heterocycles. The zero-order valence-electron chi connectivity index (χ0n) is 17.1. The van der Waals surface area contributed by atoms with E-state index in [2.05, 4.69) is 27.5 Å². The third-order valence-electron chi connectivity index (χ3n) is 4.75. The summed E-state index contributed by atoms with van der Waals surface area (Å²) in [5.41, 5.74) is 2.17. The lowest BCUT2D eigenvalue weighted by Gasteiger charge is -2.13. The molecule has 0 fully saturated rings. The first-order valence-electron chi connectivity index (χ1n) is 9.97. The number of nitrogens with zero attached hydrogens (tertiary/aromatic N) is 4. The monoisotopic (exact) mass is 421 g/mol. The average molecular weight is 422 g/mol. The lowest BCUT2D eigenvalue weighted by atomic mass is 10.1. The van der Waals surface area contributed by atoms with E-state index >= 15 is 0 Å². The van der Waals surface area contributed by atoms with Crippen molar-refractivity contribution < 1.29 is 9.53 Å². The van der Waals surface area contributed by atoms with Crippen LogP contribution in [0.25, 0.3) is 15.5 Å². The first-order valence-corrected chi connectivity index (χ1v) is 10.8. The van der Waals surface area contributed by atoms with E-state index < -0.39 is 0 Å². The number of ether oxygens (including phenoxy) is 1. The molecule has 1 N–H and O–H groups in total. The van der Waals surface area contributed by atoms with Crippen LogP contribution in [0.1, 0.15) is 43.4 Å². The maximum atomic E-state index is 12.8. The molecule has 0 spiro atoms. The van der Waals surface area contributed by atoms with Crippen molar-refractivity contribution in [3.8, 4) is 16.3 Å². The number of fused-ring (bicyclic) bond motifs is 1. The number of rotatable bonds is 7. The summed E-state index contributed by atoms with van der Waals surface area (Å²) in [6.45, 7) is 6.09. The molecule has 0 aliphatic rings. The van der Waals surface area contributed by atoms with E-state index in [0.29, 0.717) is 17.0 Å². The van der Waals surface area contributed by atoms with Crippen LogP contribution >= 0.6 is 11.3 Å². The van der Waals surface area contributed by atoms with Crippen molar-refractivity contribution in [3.05, 3.63) is 59.9 Å². The maximum absolute atomic E-state index is 12.8. The third kappa shape index (κ3) is 4.18. The fourth-order valence-corrected chi connectivity index (χ4v) is 3.81. The van der Waals surface area contributed by atoms with Gasteiger partial charge in [-0.25, -0.2) is 0 Å². The number of carbonyl (C=O) groups is 1. The number of hydrogen-bond acceptors (Lipinski definition) is 6. The van der Waals surface area contributed by atoms with Gasteiger partial charge in [0.05, 0.1) is 6.10 Å². The third-order valence-corrected chi connectivity index (χ3v) is 5.70. The van der Waals surface area contributed by atoms with Crippen LogP contribution in [0.5, 0.6) is 5.75 Å². The average Bonchev–Trinajstić information content (AvgIpc) is 3.35. The van der Waals surface area contributed by atoms with E-state index in [-0.39, 0.29) is 12.0 Å². The molecule has 2 aromatic carbocycles. The van der Waals surface area contributed by atoms with Gasteiger partial charge >= 0.3 is 0 Å². The Bertz CT molecular complexity index is 1180. The van der Waals surface area contributed by atoms with E-state index in [1.165, 1.54) is 11.3 Å². The number of hydrogen-bond donors (Lipinski definition) is 1. The van der Waals surface area contributed by atoms with E-state index in [1.54, 1.807) is 16.6 Å². The van der Waals surface area contributed by atoms with Crippen molar-refractivity contribution in [2.75, 3.05) is 5.32 Å². The first kappa shape index (κ1) is 20.0. The van der Waals surface area contributed by atoms with Gasteiger partial charge in [0.1, 0.15) is 10.8 Å². The van der Waals surface area contributed by atoms with Gasteiger partial charge in [0.2, 0.25) is 4.96 Å². The van der Waals surface area contributed by atoms with Crippen LogP contribution in [0.3, 0.4) is 0 Å². The van der Waals surface area contributed by atoms with Gasteiger partial charge in [0.25, 0.3) is 5.91 Å². The molecule has 1 atom stereocenters. The second-order valence-corrected chi connectivity index (χ2v) is 7.93. The normalized spacial score (nSPS) is 12.1. The van der Waals surface area contributed by atoms with Crippen LogP contribution in [0, 0.1) is 0 Å². The first-order chi connectivity index (χ1) is 14.6. The van der Waals surface area contributed by atoms with Crippen molar-refractivity contribution in [2.45, 2.75) is 39.7 Å². The van der Waals surface area contributed by atoms with Gasteiger partial charge in [-0.15, -0.1) is 10.2 Å². The molecule has 154 valence electrons. The zero-order valence-corrected chi connectivity index (χ0v) is 17.9. The Hall–Kier alpha value is -3.26. The quantitative estimate of drug-likeness (QED) is 0.462. The molecule has 8 heteroatoms. The molecule has 0 aliphatic carbocycles. The van der Waals surface area contributed by atoms with Crippen LogP contribution in [0.2, 0.25) is 0 Å². The lowest BCUT2D eigenvalue weighted by molar-refractivity contribution is 0.102. The molecule has 4 aromatic rings. The predicted molar refractivity (Wildman–Crippen MR) is 118 cm³/mol. The highest BCUT2D eigenvalue weighted by Gasteiger charge is 2.13. The molecule has 4 rings (SSSR count). The zero-order chi connectivity index (χ0) is 21.1. The molecule has 30 heavy (non-hydrogen) atoms. The number of aromatic nitrogens is 4. The van der Waals surface area contributed by atoms with E-state index in [1.807, 2.05) is 50.2 Å². The predicted octanol–water partition coefficient (Wildman–Crippen LogP) is 4.84. The van der Waals surface area contributed by atoms with Crippen LogP contribution in [0.15, 0.2) is 48.5 Å². The van der Waals surface area contributed by atoms with Crippen LogP contribution in [0.4, 0.5) is 5.69 Å². The van der Waals surface area contributed by atoms with E-state index in [4.69, 9.17) is 4.74 Å². The minimum atomic E-state index is -0.187. The molecule has 0 unspecified atom stereocenters. The lowest BCUT2D eigenvalue weighted by Crippen LogP contribution is -2.13. The van der Waals surface area contributed by atoms with Crippen molar-refractivity contribution in [3.63, 3.8) is 0 Å². The fourth-order valence-electron chi connectivity index (χ4n) is 2.95. The van der Waals surface area contributed by atoms with Gasteiger partial charge < -0.3 is 10.1 Å². The minimum Gasteiger partial charge on any atom is -0.491 e. The standard InChI is InChI=1S/C22H23N5O2S/c1-4-14(3)29-18-11-7-8-15(13-18)20(28)23-17-10-6-9-16(12-17)21-26-27-19(5-2)24-25-22(27)30-21/h6-14H,4-5H2,1-3H3,(H,23,28)/t14-/m1/s1. The molecular weight excluding hydrogens is 398 g/mol. The largest absolute Gasteiger partial charge is 0.491 e. The second-order valence-electron chi connectivity index (χ2n) is 6.97. The Morgan fingerprint density at radius 2 is 2.00 bits per heavy atom. The summed E-state index contributed by atoms with van der Waals surface area (Å²) in [5.74, 6) is 1.34. The van der Waals surface area contributed by atoms with E-state index in [9.17, 15) is 4.79 Å². The topological polar surface area (TPSA) is 81.4 Å². The number of carbonyl (C=O) groups excluding carboxylic acids is 1. The summed E-state index contributed by atoms with van der Waals surface area (Å²) in [5, 5.41) is 16.7. The SMILES string of the molecule is CCc1nnc2sc(-c3cccc(NC(=O)c4cccc(O[C@H](C)CC)c4)c3)nn12. The molecule has 1 amide bonds. The summed E-state index contributed by atoms with van der Waals surface area (Å²) >= 11 is 1.47. The Labute approximate surface area is 178 Å².